The minimum absolute atomic E-state index is 0.00260. The molecule has 3 N–H and O–H groups in total. The number of esters is 2. The molecule has 0 atom stereocenters. The molecule has 0 saturated carbocycles. The van der Waals surface area contributed by atoms with Crippen molar-refractivity contribution in [3.8, 4) is 0 Å². The van der Waals surface area contributed by atoms with Crippen LogP contribution in [0.1, 0.15) is 78.4 Å². The first-order chi connectivity index (χ1) is 27.9. The molecule has 0 fully saturated rings. The zero-order valence-electron chi connectivity index (χ0n) is 34.5. The van der Waals surface area contributed by atoms with Crippen LogP contribution in [0.5, 0.6) is 0 Å². The van der Waals surface area contributed by atoms with Crippen LogP contribution in [0.25, 0.3) is 0 Å². The summed E-state index contributed by atoms with van der Waals surface area (Å²) in [5.74, 6) is -2.50. The Kier molecular flexibility index (Phi) is 13.6. The van der Waals surface area contributed by atoms with Crippen LogP contribution in [0.15, 0.2) is 94.6 Å². The minimum atomic E-state index is -4.57. The van der Waals surface area contributed by atoms with Gasteiger partial charge in [-0.1, -0.05) is 50.3 Å². The molecule has 0 unspecified atom stereocenters. The highest BCUT2D eigenvalue weighted by atomic mass is 32.2. The Morgan fingerprint density at radius 3 is 2.00 bits per heavy atom. The quantitative estimate of drug-likeness (QED) is 0.0778. The molecular formula is C42H53N2O13S3+. The van der Waals surface area contributed by atoms with E-state index in [9.17, 15) is 48.5 Å². The predicted molar refractivity (Wildman–Crippen MR) is 226 cm³/mol. The third-order valence-corrected chi connectivity index (χ3v) is 13.6. The number of hydrogen-bond donors (Lipinski definition) is 3. The second-order valence-corrected chi connectivity index (χ2v) is 20.7. The molecule has 0 bridgehead atoms. The molecule has 0 radical (unpaired) electrons. The maximum Gasteiger partial charge on any atom is 0.324 e. The van der Waals surface area contributed by atoms with Crippen molar-refractivity contribution in [2.45, 2.75) is 83.0 Å². The molecule has 2 heterocycles. The molecule has 2 aromatic carbocycles. The normalized spacial score (nSPS) is 19.8. The first kappa shape index (κ1) is 46.6. The van der Waals surface area contributed by atoms with Gasteiger partial charge in [-0.25, -0.2) is 0 Å². The molecule has 60 heavy (non-hydrogen) atoms. The van der Waals surface area contributed by atoms with Gasteiger partial charge in [0, 0.05) is 47.5 Å². The summed E-state index contributed by atoms with van der Waals surface area (Å²) in [6, 6.07) is 11.8. The Hall–Kier alpha value is -4.46. The van der Waals surface area contributed by atoms with Gasteiger partial charge in [-0.15, -0.1) is 0 Å². The zero-order valence-corrected chi connectivity index (χ0v) is 37.0. The lowest BCUT2D eigenvalue weighted by Gasteiger charge is -2.33. The highest BCUT2D eigenvalue weighted by Gasteiger charge is 2.51. The number of para-hydroxylation sites is 1. The van der Waals surface area contributed by atoms with E-state index in [0.717, 1.165) is 17.0 Å². The van der Waals surface area contributed by atoms with E-state index in [-0.39, 0.29) is 56.9 Å². The lowest BCUT2D eigenvalue weighted by atomic mass is 9.71. The van der Waals surface area contributed by atoms with Crippen molar-refractivity contribution in [1.82, 2.24) is 0 Å². The van der Waals surface area contributed by atoms with Crippen molar-refractivity contribution in [2.75, 3.05) is 42.7 Å². The van der Waals surface area contributed by atoms with Gasteiger partial charge in [0.05, 0.1) is 35.0 Å². The van der Waals surface area contributed by atoms with Crippen LogP contribution in [-0.2, 0) is 60.2 Å². The molecule has 0 spiro atoms. The summed E-state index contributed by atoms with van der Waals surface area (Å²) in [6.45, 7) is 11.4. The highest BCUT2D eigenvalue weighted by Crippen LogP contribution is 2.49. The Morgan fingerprint density at radius 1 is 0.783 bits per heavy atom. The molecule has 0 saturated heterocycles. The van der Waals surface area contributed by atoms with E-state index < -0.39 is 70.0 Å². The van der Waals surface area contributed by atoms with E-state index >= 15 is 0 Å². The van der Waals surface area contributed by atoms with Crippen LogP contribution >= 0.6 is 0 Å². The second kappa shape index (κ2) is 17.5. The van der Waals surface area contributed by atoms with Gasteiger partial charge >= 0.3 is 11.9 Å². The number of benzene rings is 2. The lowest BCUT2D eigenvalue weighted by Crippen LogP contribution is -2.44. The topological polar surface area (TPSA) is 222 Å². The number of hydrogen-bond acceptors (Lipinski definition) is 11. The standard InChI is InChI=1S/C42H52N2O13S3/c1-7-56-38(45)42(39(46)57-8-2)27-29(15-19-36-40(3,4)32-13-9-10-14-34(32)43(36)21-11-23-58(47,48)49)25-30(28-42)16-20-37-41(5,6)33-26-31(60(53,54)55)17-18-35(33)44(37)22-12-24-59(50,51)52/h9-10,13-20,25-26H,7-8,11-12,21-24,27-28H2,1-6H3,(H2-,47,48,49,50,51,52,53,54,55)/p+1. The predicted octanol–water partition coefficient (Wildman–Crippen LogP) is 5.86. The monoisotopic (exact) mass is 889 g/mol. The van der Waals surface area contributed by atoms with Gasteiger partial charge in [0.15, 0.2) is 11.1 Å². The molecule has 2 aliphatic heterocycles. The summed E-state index contributed by atoms with van der Waals surface area (Å²) in [4.78, 5) is 29.3. The average Bonchev–Trinajstić information content (AvgIpc) is 3.49. The largest absolute Gasteiger partial charge is 0.465 e. The van der Waals surface area contributed by atoms with E-state index in [1.165, 1.54) is 18.2 Å². The maximum absolute atomic E-state index is 13.9. The summed E-state index contributed by atoms with van der Waals surface area (Å²) >= 11 is 0. The Balaban J connectivity index is 1.67. The fourth-order valence-corrected chi connectivity index (χ4v) is 9.84. The number of anilines is 1. The molecular weight excluding hydrogens is 837 g/mol. The van der Waals surface area contributed by atoms with Crippen LogP contribution in [0.2, 0.25) is 0 Å². The van der Waals surface area contributed by atoms with E-state index in [2.05, 4.69) is 0 Å². The third-order valence-electron chi connectivity index (χ3n) is 11.2. The molecule has 326 valence electrons. The summed E-state index contributed by atoms with van der Waals surface area (Å²) in [7, 11) is -13.1. The van der Waals surface area contributed by atoms with Crippen molar-refractivity contribution in [3.63, 3.8) is 0 Å². The molecule has 0 amide bonds. The van der Waals surface area contributed by atoms with Gasteiger partial charge in [0.1, 0.15) is 6.54 Å². The van der Waals surface area contributed by atoms with Crippen molar-refractivity contribution in [2.24, 2.45) is 5.41 Å². The molecule has 15 nitrogen and oxygen atoms in total. The number of fused-ring (bicyclic) bond motifs is 2. The SMILES string of the molecule is CCOC(=O)C1(C(=O)OCC)CC(=CC=C2N(CCCS(=O)(=O)O)c3ccc(S(=O)(=O)O)cc3C2(C)C)C=C(C=CC2=[N+](CCCS(=O)(=O)O)c3ccccc3C2(C)C)C1. The zero-order chi connectivity index (χ0) is 44.5. The van der Waals surface area contributed by atoms with Gasteiger partial charge in [-0.2, -0.15) is 29.8 Å². The Bertz CT molecular complexity index is 2530. The van der Waals surface area contributed by atoms with Crippen molar-refractivity contribution >= 4 is 59.4 Å². The molecule has 18 heteroatoms. The third kappa shape index (κ3) is 10.0. The summed E-state index contributed by atoms with van der Waals surface area (Å²) in [5.41, 5.74) is 2.22. The van der Waals surface area contributed by atoms with E-state index in [4.69, 9.17) is 9.47 Å². The second-order valence-electron chi connectivity index (χ2n) is 16.1. The van der Waals surface area contributed by atoms with Crippen molar-refractivity contribution in [1.29, 1.82) is 0 Å². The minimum Gasteiger partial charge on any atom is -0.465 e. The number of nitrogens with zero attached hydrogens (tertiary/aromatic N) is 2. The van der Waals surface area contributed by atoms with E-state index in [1.807, 2.05) is 68.7 Å². The van der Waals surface area contributed by atoms with Crippen LogP contribution < -0.4 is 4.90 Å². The Labute approximate surface area is 352 Å². The van der Waals surface area contributed by atoms with Gasteiger partial charge in [-0.05, 0) is 87.9 Å². The summed E-state index contributed by atoms with van der Waals surface area (Å²) < 4.78 is 113. The lowest BCUT2D eigenvalue weighted by molar-refractivity contribution is -0.437. The van der Waals surface area contributed by atoms with E-state index in [1.54, 1.807) is 37.0 Å². The number of ether oxygens (including phenoxy) is 2. The smallest absolute Gasteiger partial charge is 0.324 e. The first-order valence-electron chi connectivity index (χ1n) is 19.5. The summed E-state index contributed by atoms with van der Waals surface area (Å²) in [5, 5.41) is 0. The highest BCUT2D eigenvalue weighted by molar-refractivity contribution is 7.86. The number of carbonyl (C=O) groups is 2. The fraction of sp³-hybridized carbons (Fsp3) is 0.452. The van der Waals surface area contributed by atoms with Gasteiger partial charge < -0.3 is 14.4 Å². The Morgan fingerprint density at radius 2 is 1.40 bits per heavy atom. The fourth-order valence-electron chi connectivity index (χ4n) is 8.34. The molecule has 1 aliphatic carbocycles. The molecule has 5 rings (SSSR count). The average molecular weight is 890 g/mol. The van der Waals surface area contributed by atoms with Crippen LogP contribution in [0.3, 0.4) is 0 Å². The van der Waals surface area contributed by atoms with Gasteiger partial charge in [-0.3, -0.25) is 23.2 Å². The molecule has 2 aromatic rings. The number of rotatable bonds is 16. The maximum atomic E-state index is 13.9. The summed E-state index contributed by atoms with van der Waals surface area (Å²) in [6.07, 6.45) is 8.98. The first-order valence-corrected chi connectivity index (χ1v) is 24.2. The molecule has 0 aromatic heterocycles. The van der Waals surface area contributed by atoms with Gasteiger partial charge in [0.25, 0.3) is 30.4 Å². The number of allylic oxidation sites excluding steroid dienone is 8. The molecule has 3 aliphatic rings. The van der Waals surface area contributed by atoms with E-state index in [0.29, 0.717) is 28.1 Å². The van der Waals surface area contributed by atoms with Crippen LogP contribution in [-0.4, -0.2) is 98.9 Å². The van der Waals surface area contributed by atoms with Crippen molar-refractivity contribution < 1.29 is 62.5 Å². The van der Waals surface area contributed by atoms with Gasteiger partial charge in [0.2, 0.25) is 5.69 Å². The van der Waals surface area contributed by atoms with Crippen LogP contribution in [0, 0.1) is 5.41 Å². The number of carbonyl (C=O) groups excluding carboxylic acids is 2. The van der Waals surface area contributed by atoms with Crippen molar-refractivity contribution in [3.05, 3.63) is 101 Å². The van der Waals surface area contributed by atoms with Crippen LogP contribution in [0.4, 0.5) is 11.4 Å².